The minimum atomic E-state index is -0.903. The topological polar surface area (TPSA) is 75.6 Å². The van der Waals surface area contributed by atoms with Crippen LogP contribution in [0, 0.1) is 0 Å². The SMILES string of the molecule is CC(=O)NC1(CC(=O)O)CC(OCc2ccccc2)C1. The molecule has 5 heteroatoms. The van der Waals surface area contributed by atoms with Gasteiger partial charge in [0, 0.05) is 6.92 Å². The molecular formula is C15H19NO4. The summed E-state index contributed by atoms with van der Waals surface area (Å²) in [4.78, 5) is 22.1. The summed E-state index contributed by atoms with van der Waals surface area (Å²) >= 11 is 0. The molecule has 1 aromatic carbocycles. The summed E-state index contributed by atoms with van der Waals surface area (Å²) in [5, 5.41) is 11.7. The van der Waals surface area contributed by atoms with Crippen molar-refractivity contribution < 1.29 is 19.4 Å². The molecule has 0 spiro atoms. The highest BCUT2D eigenvalue weighted by Crippen LogP contribution is 2.37. The fourth-order valence-electron chi connectivity index (χ4n) is 2.67. The lowest BCUT2D eigenvalue weighted by Crippen LogP contribution is -2.60. The van der Waals surface area contributed by atoms with Gasteiger partial charge in [0.15, 0.2) is 0 Å². The summed E-state index contributed by atoms with van der Waals surface area (Å²) in [7, 11) is 0. The molecule has 0 aromatic heterocycles. The number of ether oxygens (including phenoxy) is 1. The lowest BCUT2D eigenvalue weighted by atomic mass is 9.72. The van der Waals surface area contributed by atoms with E-state index in [1.807, 2.05) is 30.3 Å². The number of carboxylic acids is 1. The first-order valence-corrected chi connectivity index (χ1v) is 6.65. The van der Waals surface area contributed by atoms with E-state index >= 15 is 0 Å². The molecule has 0 radical (unpaired) electrons. The van der Waals surface area contributed by atoms with Crippen molar-refractivity contribution in [3.05, 3.63) is 35.9 Å². The number of aliphatic carboxylic acids is 1. The predicted molar refractivity (Wildman–Crippen MR) is 73.1 cm³/mol. The van der Waals surface area contributed by atoms with E-state index in [1.165, 1.54) is 6.92 Å². The van der Waals surface area contributed by atoms with Crippen LogP contribution in [0.2, 0.25) is 0 Å². The van der Waals surface area contributed by atoms with Crippen molar-refractivity contribution in [2.24, 2.45) is 0 Å². The van der Waals surface area contributed by atoms with Crippen LogP contribution in [0.1, 0.15) is 31.7 Å². The quantitative estimate of drug-likeness (QED) is 0.830. The maximum atomic E-state index is 11.2. The molecule has 1 aromatic rings. The Morgan fingerprint density at radius 2 is 2.00 bits per heavy atom. The Morgan fingerprint density at radius 3 is 2.55 bits per heavy atom. The van der Waals surface area contributed by atoms with Crippen LogP contribution in [0.4, 0.5) is 0 Å². The monoisotopic (exact) mass is 277 g/mol. The number of carbonyl (C=O) groups is 2. The van der Waals surface area contributed by atoms with Crippen molar-refractivity contribution in [3.63, 3.8) is 0 Å². The molecule has 2 rings (SSSR count). The minimum Gasteiger partial charge on any atom is -0.481 e. The van der Waals surface area contributed by atoms with Crippen molar-refractivity contribution in [2.75, 3.05) is 0 Å². The molecule has 0 aliphatic heterocycles. The highest BCUT2D eigenvalue weighted by Gasteiger charge is 2.47. The maximum Gasteiger partial charge on any atom is 0.305 e. The first kappa shape index (κ1) is 14.5. The van der Waals surface area contributed by atoms with Crippen LogP contribution in [-0.4, -0.2) is 28.6 Å². The third kappa shape index (κ3) is 3.81. The Morgan fingerprint density at radius 1 is 1.35 bits per heavy atom. The van der Waals surface area contributed by atoms with Gasteiger partial charge in [-0.3, -0.25) is 9.59 Å². The number of carboxylic acid groups (broad SMARTS) is 1. The summed E-state index contributed by atoms with van der Waals surface area (Å²) in [6.07, 6.45) is 1.04. The minimum absolute atomic E-state index is 0.00130. The highest BCUT2D eigenvalue weighted by molar-refractivity contribution is 5.76. The smallest absolute Gasteiger partial charge is 0.305 e. The molecule has 20 heavy (non-hydrogen) atoms. The van der Waals surface area contributed by atoms with Gasteiger partial charge in [0.1, 0.15) is 0 Å². The van der Waals surface area contributed by atoms with Crippen LogP contribution in [0.15, 0.2) is 30.3 Å². The van der Waals surface area contributed by atoms with Gasteiger partial charge in [0.25, 0.3) is 0 Å². The first-order valence-electron chi connectivity index (χ1n) is 6.65. The lowest BCUT2D eigenvalue weighted by molar-refractivity contribution is -0.144. The van der Waals surface area contributed by atoms with E-state index in [9.17, 15) is 9.59 Å². The van der Waals surface area contributed by atoms with Gasteiger partial charge in [0.2, 0.25) is 5.91 Å². The van der Waals surface area contributed by atoms with Crippen LogP contribution in [0.3, 0.4) is 0 Å². The molecule has 0 saturated heterocycles. The lowest BCUT2D eigenvalue weighted by Gasteiger charge is -2.46. The Labute approximate surface area is 117 Å². The Kier molecular flexibility index (Phi) is 4.39. The molecule has 108 valence electrons. The van der Waals surface area contributed by atoms with Gasteiger partial charge in [-0.1, -0.05) is 30.3 Å². The van der Waals surface area contributed by atoms with Crippen molar-refractivity contribution in [2.45, 2.75) is 44.4 Å². The number of hydrogen-bond acceptors (Lipinski definition) is 3. The van der Waals surface area contributed by atoms with Gasteiger partial charge >= 0.3 is 5.97 Å². The summed E-state index contributed by atoms with van der Waals surface area (Å²) in [6.45, 7) is 1.91. The van der Waals surface area contributed by atoms with Crippen LogP contribution in [0.25, 0.3) is 0 Å². The molecule has 5 nitrogen and oxygen atoms in total. The molecule has 0 unspecified atom stereocenters. The molecule has 0 atom stereocenters. The standard InChI is InChI=1S/C15H19NO4/c1-11(17)16-15(9-14(18)19)7-13(8-15)20-10-12-5-3-2-4-6-12/h2-6,13H,7-10H2,1H3,(H,16,17)(H,18,19). The second-order valence-corrected chi connectivity index (χ2v) is 5.36. The second kappa shape index (κ2) is 6.05. The zero-order valence-corrected chi connectivity index (χ0v) is 11.5. The van der Waals surface area contributed by atoms with Crippen molar-refractivity contribution in [1.82, 2.24) is 5.32 Å². The molecule has 0 bridgehead atoms. The van der Waals surface area contributed by atoms with E-state index in [1.54, 1.807) is 0 Å². The van der Waals surface area contributed by atoms with Gasteiger partial charge in [0.05, 0.1) is 24.7 Å². The van der Waals surface area contributed by atoms with Crippen LogP contribution < -0.4 is 5.32 Å². The Hall–Kier alpha value is -1.88. The second-order valence-electron chi connectivity index (χ2n) is 5.36. The number of nitrogens with one attached hydrogen (secondary N) is 1. The van der Waals surface area contributed by atoms with Crippen LogP contribution >= 0.6 is 0 Å². The van der Waals surface area contributed by atoms with Gasteiger partial charge in [-0.25, -0.2) is 0 Å². The number of benzene rings is 1. The normalized spacial score (nSPS) is 24.8. The highest BCUT2D eigenvalue weighted by atomic mass is 16.5. The van der Waals surface area contributed by atoms with Crippen molar-refractivity contribution in [1.29, 1.82) is 0 Å². The molecule has 0 heterocycles. The van der Waals surface area contributed by atoms with Crippen LogP contribution in [0.5, 0.6) is 0 Å². The number of amides is 1. The van der Waals surface area contributed by atoms with E-state index < -0.39 is 11.5 Å². The summed E-state index contributed by atoms with van der Waals surface area (Å²) in [5.74, 6) is -1.10. The van der Waals surface area contributed by atoms with E-state index in [-0.39, 0.29) is 18.4 Å². The number of carbonyl (C=O) groups excluding carboxylic acids is 1. The van der Waals surface area contributed by atoms with Gasteiger partial charge in [-0.05, 0) is 18.4 Å². The molecule has 1 amide bonds. The largest absolute Gasteiger partial charge is 0.481 e. The van der Waals surface area contributed by atoms with Crippen molar-refractivity contribution >= 4 is 11.9 Å². The molecule has 1 saturated carbocycles. The molecule has 1 aliphatic carbocycles. The van der Waals surface area contributed by atoms with Gasteiger partial charge in [-0.2, -0.15) is 0 Å². The average molecular weight is 277 g/mol. The Balaban J connectivity index is 1.83. The zero-order chi connectivity index (χ0) is 14.6. The molecule has 2 N–H and O–H groups in total. The van der Waals surface area contributed by atoms with E-state index in [4.69, 9.17) is 9.84 Å². The van der Waals surface area contributed by atoms with Gasteiger partial charge < -0.3 is 15.2 Å². The fraction of sp³-hybridized carbons (Fsp3) is 0.467. The van der Waals surface area contributed by atoms with E-state index in [0.717, 1.165) is 5.56 Å². The van der Waals surface area contributed by atoms with Crippen molar-refractivity contribution in [3.8, 4) is 0 Å². The molecule has 1 fully saturated rings. The third-order valence-electron chi connectivity index (χ3n) is 3.50. The third-order valence-corrected chi connectivity index (χ3v) is 3.50. The summed E-state index contributed by atoms with van der Waals surface area (Å²) in [5.41, 5.74) is 0.446. The molecular weight excluding hydrogens is 258 g/mol. The first-order chi connectivity index (χ1) is 9.49. The number of rotatable bonds is 6. The van der Waals surface area contributed by atoms with Gasteiger partial charge in [-0.15, -0.1) is 0 Å². The predicted octanol–water partition coefficient (Wildman–Crippen LogP) is 1.72. The average Bonchev–Trinajstić information content (AvgIpc) is 2.33. The van der Waals surface area contributed by atoms with E-state index in [0.29, 0.717) is 19.4 Å². The summed E-state index contributed by atoms with van der Waals surface area (Å²) in [6, 6.07) is 9.81. The maximum absolute atomic E-state index is 11.2. The Bertz CT molecular complexity index is 462. The summed E-state index contributed by atoms with van der Waals surface area (Å²) < 4.78 is 5.74. The molecule has 1 aliphatic rings. The zero-order valence-electron chi connectivity index (χ0n) is 11.5. The fourth-order valence-corrected chi connectivity index (χ4v) is 2.67. The van der Waals surface area contributed by atoms with E-state index in [2.05, 4.69) is 5.32 Å². The number of hydrogen-bond donors (Lipinski definition) is 2. The van der Waals surface area contributed by atoms with Crippen LogP contribution in [-0.2, 0) is 20.9 Å².